The Morgan fingerprint density at radius 3 is 2.16 bits per heavy atom. The Hall–Kier alpha value is -0.943. The van der Waals surface area contributed by atoms with Crippen LogP contribution in [0, 0.1) is 0 Å². The predicted molar refractivity (Wildman–Crippen MR) is 83.1 cm³/mol. The molecule has 102 valence electrons. The molecule has 0 spiro atoms. The van der Waals surface area contributed by atoms with Crippen molar-refractivity contribution in [3.8, 4) is 0 Å². The second-order valence-corrected chi connectivity index (χ2v) is 8.54. The first-order valence-electron chi connectivity index (χ1n) is 6.66. The van der Waals surface area contributed by atoms with Gasteiger partial charge in [-0.3, -0.25) is 0 Å². The highest BCUT2D eigenvalue weighted by Gasteiger charge is 2.41. The Morgan fingerprint density at radius 2 is 1.63 bits per heavy atom. The van der Waals surface area contributed by atoms with Crippen LogP contribution in [-0.4, -0.2) is 21.8 Å². The fourth-order valence-corrected chi connectivity index (χ4v) is 6.95. The summed E-state index contributed by atoms with van der Waals surface area (Å²) in [5, 5.41) is 2.10. The van der Waals surface area contributed by atoms with E-state index in [0.29, 0.717) is 13.2 Å². The molecule has 4 heteroatoms. The molecule has 1 heterocycles. The molecular weight excluding hydrogens is 272 g/mol. The van der Waals surface area contributed by atoms with Gasteiger partial charge in [0.1, 0.15) is 0 Å². The van der Waals surface area contributed by atoms with Crippen LogP contribution in [-0.2, 0) is 14.9 Å². The molecule has 1 aromatic carbocycles. The summed E-state index contributed by atoms with van der Waals surface area (Å²) in [5.41, 5.74) is 1.28. The van der Waals surface area contributed by atoms with Crippen LogP contribution < -0.4 is 4.50 Å². The summed E-state index contributed by atoms with van der Waals surface area (Å²) >= 11 is 1.74. The van der Waals surface area contributed by atoms with Crippen LogP contribution in [0.2, 0.25) is 0 Å². The van der Waals surface area contributed by atoms with Gasteiger partial charge in [0, 0.05) is 23.8 Å². The van der Waals surface area contributed by atoms with Crippen molar-refractivity contribution < 1.29 is 8.85 Å². The average Bonchev–Trinajstić information content (AvgIpc) is 2.95. The van der Waals surface area contributed by atoms with E-state index in [1.165, 1.54) is 10.1 Å². The minimum absolute atomic E-state index is 0.691. The van der Waals surface area contributed by atoms with Gasteiger partial charge < -0.3 is 8.85 Å². The molecule has 0 saturated heterocycles. The molecule has 0 aliphatic rings. The van der Waals surface area contributed by atoms with Crippen molar-refractivity contribution in [1.82, 2.24) is 0 Å². The third-order valence-electron chi connectivity index (χ3n) is 2.93. The highest BCUT2D eigenvalue weighted by atomic mass is 32.1. The van der Waals surface area contributed by atoms with Gasteiger partial charge in [-0.15, -0.1) is 11.3 Å². The molecule has 0 radical (unpaired) electrons. The van der Waals surface area contributed by atoms with Gasteiger partial charge in [-0.05, 0) is 30.9 Å². The monoisotopic (exact) mass is 292 g/mol. The van der Waals surface area contributed by atoms with Crippen LogP contribution in [0.25, 0.3) is 0 Å². The molecule has 0 aliphatic carbocycles. The van der Waals surface area contributed by atoms with E-state index in [1.54, 1.807) is 11.3 Å². The van der Waals surface area contributed by atoms with Crippen molar-refractivity contribution in [2.45, 2.75) is 19.9 Å². The van der Waals surface area contributed by atoms with E-state index in [0.717, 1.165) is 6.04 Å². The summed E-state index contributed by atoms with van der Waals surface area (Å²) in [6.45, 7) is 5.46. The lowest BCUT2D eigenvalue weighted by atomic mass is 10.2. The van der Waals surface area contributed by atoms with Gasteiger partial charge in [0.05, 0.1) is 0 Å². The van der Waals surface area contributed by atoms with Gasteiger partial charge in [0.2, 0.25) is 0 Å². The Balaban J connectivity index is 2.32. The van der Waals surface area contributed by atoms with Gasteiger partial charge in [-0.1, -0.05) is 36.4 Å². The minimum Gasteiger partial charge on any atom is -0.391 e. The van der Waals surface area contributed by atoms with E-state index in [2.05, 4.69) is 41.8 Å². The summed E-state index contributed by atoms with van der Waals surface area (Å²) in [7, 11) is -2.34. The molecule has 2 rings (SSSR count). The number of benzene rings is 1. The second-order valence-electron chi connectivity index (χ2n) is 4.26. The SMILES string of the molecule is CCO[Si](Cc1ccccc1)(OCC)c1cccs1. The van der Waals surface area contributed by atoms with E-state index >= 15 is 0 Å². The number of hydrogen-bond acceptors (Lipinski definition) is 3. The largest absolute Gasteiger partial charge is 0.391 e. The van der Waals surface area contributed by atoms with Crippen LogP contribution in [0.4, 0.5) is 0 Å². The third-order valence-corrected chi connectivity index (χ3v) is 8.20. The zero-order valence-electron chi connectivity index (χ0n) is 11.5. The van der Waals surface area contributed by atoms with Crippen molar-refractivity contribution in [3.63, 3.8) is 0 Å². The third kappa shape index (κ3) is 3.54. The maximum atomic E-state index is 6.15. The highest BCUT2D eigenvalue weighted by Crippen LogP contribution is 2.18. The van der Waals surface area contributed by atoms with Gasteiger partial charge >= 0.3 is 8.56 Å². The Morgan fingerprint density at radius 1 is 0.947 bits per heavy atom. The van der Waals surface area contributed by atoms with Crippen LogP contribution in [0.5, 0.6) is 0 Å². The number of thiophene rings is 1. The van der Waals surface area contributed by atoms with Crippen molar-refractivity contribution in [1.29, 1.82) is 0 Å². The van der Waals surface area contributed by atoms with Crippen LogP contribution in [0.15, 0.2) is 47.8 Å². The Labute approximate surface area is 120 Å². The summed E-state index contributed by atoms with van der Waals surface area (Å²) in [5.74, 6) is 0. The van der Waals surface area contributed by atoms with Gasteiger partial charge in [-0.2, -0.15) is 0 Å². The number of hydrogen-bond donors (Lipinski definition) is 0. The molecule has 0 saturated carbocycles. The quantitative estimate of drug-likeness (QED) is 0.729. The molecule has 0 aliphatic heterocycles. The molecular formula is C15H20O2SSi. The van der Waals surface area contributed by atoms with Crippen molar-refractivity contribution in [2.24, 2.45) is 0 Å². The first kappa shape index (κ1) is 14.5. The van der Waals surface area contributed by atoms with Crippen LogP contribution in [0.1, 0.15) is 19.4 Å². The molecule has 2 nitrogen and oxygen atoms in total. The summed E-state index contributed by atoms with van der Waals surface area (Å²) < 4.78 is 13.6. The molecule has 0 N–H and O–H groups in total. The molecule has 0 amide bonds. The molecule has 0 atom stereocenters. The fourth-order valence-electron chi connectivity index (χ4n) is 2.20. The van der Waals surface area contributed by atoms with Crippen molar-refractivity contribution in [3.05, 3.63) is 53.4 Å². The van der Waals surface area contributed by atoms with E-state index in [1.807, 2.05) is 19.9 Å². The van der Waals surface area contributed by atoms with Gasteiger partial charge in [0.25, 0.3) is 0 Å². The Bertz CT molecular complexity index is 464. The molecule has 0 fully saturated rings. The highest BCUT2D eigenvalue weighted by molar-refractivity contribution is 7.23. The topological polar surface area (TPSA) is 18.5 Å². The summed E-state index contributed by atoms with van der Waals surface area (Å²) in [4.78, 5) is 0. The second kappa shape index (κ2) is 7.00. The molecule has 1 aromatic heterocycles. The normalized spacial score (nSPS) is 11.7. The minimum atomic E-state index is -2.34. The summed E-state index contributed by atoms with van der Waals surface area (Å²) in [6.07, 6.45) is 0. The van der Waals surface area contributed by atoms with Crippen LogP contribution >= 0.6 is 11.3 Å². The average molecular weight is 292 g/mol. The first-order chi connectivity index (χ1) is 9.30. The standard InChI is InChI=1S/C15H20O2SSi/c1-3-16-19(17-4-2,15-11-8-12-18-15)13-14-9-6-5-7-10-14/h5-12H,3-4,13H2,1-2H3. The maximum Gasteiger partial charge on any atom is 0.387 e. The van der Waals surface area contributed by atoms with Crippen molar-refractivity contribution >= 4 is 24.4 Å². The van der Waals surface area contributed by atoms with Gasteiger partial charge in [-0.25, -0.2) is 0 Å². The molecule has 0 unspecified atom stereocenters. The van der Waals surface area contributed by atoms with Crippen molar-refractivity contribution in [2.75, 3.05) is 13.2 Å². The van der Waals surface area contributed by atoms with Crippen LogP contribution in [0.3, 0.4) is 0 Å². The lowest BCUT2D eigenvalue weighted by Crippen LogP contribution is -2.55. The van der Waals surface area contributed by atoms with E-state index in [9.17, 15) is 0 Å². The fraction of sp³-hybridized carbons (Fsp3) is 0.333. The zero-order chi connectivity index (χ0) is 13.6. The lowest BCUT2D eigenvalue weighted by Gasteiger charge is -2.29. The molecule has 0 bridgehead atoms. The Kier molecular flexibility index (Phi) is 5.33. The van der Waals surface area contributed by atoms with Gasteiger partial charge in [0.15, 0.2) is 0 Å². The van der Waals surface area contributed by atoms with E-state index in [4.69, 9.17) is 8.85 Å². The smallest absolute Gasteiger partial charge is 0.387 e. The van der Waals surface area contributed by atoms with E-state index < -0.39 is 8.56 Å². The van der Waals surface area contributed by atoms with E-state index in [-0.39, 0.29) is 0 Å². The maximum absolute atomic E-state index is 6.15. The first-order valence-corrected chi connectivity index (χ1v) is 9.57. The zero-order valence-corrected chi connectivity index (χ0v) is 13.3. The lowest BCUT2D eigenvalue weighted by molar-refractivity contribution is 0.196. The molecule has 2 aromatic rings. The predicted octanol–water partition coefficient (Wildman–Crippen LogP) is 3.25. The molecule has 19 heavy (non-hydrogen) atoms. The number of rotatable bonds is 7. The summed E-state index contributed by atoms with van der Waals surface area (Å²) in [6, 6.07) is 15.6.